The number of aryl methyl sites for hydroxylation is 2. The highest BCUT2D eigenvalue weighted by molar-refractivity contribution is 5.80. The predicted octanol–water partition coefficient (Wildman–Crippen LogP) is 3.65. The van der Waals surface area contributed by atoms with Crippen LogP contribution >= 0.6 is 0 Å². The molecule has 1 aliphatic rings. The van der Waals surface area contributed by atoms with Crippen molar-refractivity contribution < 1.29 is 0 Å². The number of H-pyrrole nitrogens is 1. The number of hydrogen-bond donors (Lipinski definition) is 2. The third kappa shape index (κ3) is 2.05. The van der Waals surface area contributed by atoms with Gasteiger partial charge in [0.25, 0.3) is 0 Å². The number of aromatic amines is 1. The molecule has 17 heavy (non-hydrogen) atoms. The Morgan fingerprint density at radius 3 is 2.71 bits per heavy atom. The van der Waals surface area contributed by atoms with Crippen molar-refractivity contribution >= 4 is 5.69 Å². The van der Waals surface area contributed by atoms with Crippen molar-refractivity contribution in [3.63, 3.8) is 0 Å². The van der Waals surface area contributed by atoms with E-state index in [4.69, 9.17) is 0 Å². The lowest BCUT2D eigenvalue weighted by Crippen LogP contribution is -2.08. The number of anilines is 1. The molecule has 3 nitrogen and oxygen atoms in total. The number of aromatic nitrogens is 2. The van der Waals surface area contributed by atoms with Gasteiger partial charge in [0.15, 0.2) is 0 Å². The van der Waals surface area contributed by atoms with Gasteiger partial charge >= 0.3 is 0 Å². The first-order valence-corrected chi connectivity index (χ1v) is 6.14. The second kappa shape index (κ2) is 4.62. The topological polar surface area (TPSA) is 40.7 Å². The quantitative estimate of drug-likeness (QED) is 0.724. The summed E-state index contributed by atoms with van der Waals surface area (Å²) in [5, 5.41) is 3.40. The second-order valence-corrected chi connectivity index (χ2v) is 4.05. The molecular formula is C14H19N3. The van der Waals surface area contributed by atoms with Crippen molar-refractivity contribution in [2.24, 2.45) is 0 Å². The predicted molar refractivity (Wildman–Crippen MR) is 72.2 cm³/mol. The average molecular weight is 229 g/mol. The molecule has 0 saturated carbocycles. The van der Waals surface area contributed by atoms with Gasteiger partial charge in [0.05, 0.1) is 17.9 Å². The summed E-state index contributed by atoms with van der Waals surface area (Å²) in [4.78, 5) is 7.81. The van der Waals surface area contributed by atoms with E-state index in [1.165, 1.54) is 22.5 Å². The highest BCUT2D eigenvalue weighted by Crippen LogP contribution is 2.34. The van der Waals surface area contributed by atoms with Crippen molar-refractivity contribution in [3.05, 3.63) is 35.3 Å². The minimum absolute atomic E-state index is 0.840. The van der Waals surface area contributed by atoms with Crippen LogP contribution < -0.4 is 5.32 Å². The summed E-state index contributed by atoms with van der Waals surface area (Å²) in [5.74, 6) is 0.982. The Morgan fingerprint density at radius 1 is 1.18 bits per heavy atom. The molecule has 0 atom stereocenters. The molecular weight excluding hydrogens is 210 g/mol. The fraction of sp³-hybridized carbons (Fsp3) is 0.357. The Kier molecular flexibility index (Phi) is 3.18. The van der Waals surface area contributed by atoms with Crippen LogP contribution in [0.25, 0.3) is 11.3 Å². The van der Waals surface area contributed by atoms with Gasteiger partial charge in [0.1, 0.15) is 5.82 Å². The first-order valence-electron chi connectivity index (χ1n) is 6.14. The highest BCUT2D eigenvalue weighted by atomic mass is 15.0. The van der Waals surface area contributed by atoms with E-state index in [1.54, 1.807) is 0 Å². The van der Waals surface area contributed by atoms with Crippen LogP contribution in [0.3, 0.4) is 0 Å². The summed E-state index contributed by atoms with van der Waals surface area (Å²) >= 11 is 0. The van der Waals surface area contributed by atoms with Crippen molar-refractivity contribution in [2.75, 3.05) is 5.32 Å². The molecule has 2 N–H and O–H groups in total. The first-order chi connectivity index (χ1) is 8.24. The third-order valence-electron chi connectivity index (χ3n) is 2.78. The van der Waals surface area contributed by atoms with Crippen LogP contribution in [0.1, 0.15) is 30.9 Å². The summed E-state index contributed by atoms with van der Waals surface area (Å²) in [6.45, 7) is 8.94. The molecule has 0 radical (unpaired) electrons. The molecule has 0 aliphatic carbocycles. The van der Waals surface area contributed by atoms with Gasteiger partial charge in [-0.05, 0) is 25.5 Å². The van der Waals surface area contributed by atoms with Gasteiger partial charge in [-0.2, -0.15) is 0 Å². The van der Waals surface area contributed by atoms with E-state index in [0.717, 1.165) is 18.1 Å². The van der Waals surface area contributed by atoms with Gasteiger partial charge in [-0.25, -0.2) is 4.98 Å². The van der Waals surface area contributed by atoms with Crippen LogP contribution in [0.2, 0.25) is 0 Å². The maximum Gasteiger partial charge on any atom is 0.103 e. The van der Waals surface area contributed by atoms with E-state index in [0.29, 0.717) is 0 Å². The number of nitrogens with zero attached hydrogens (tertiary/aromatic N) is 1. The van der Waals surface area contributed by atoms with E-state index in [1.807, 2.05) is 20.8 Å². The Morgan fingerprint density at radius 2 is 1.94 bits per heavy atom. The van der Waals surface area contributed by atoms with E-state index >= 15 is 0 Å². The molecule has 0 bridgehead atoms. The van der Waals surface area contributed by atoms with E-state index in [-0.39, 0.29) is 0 Å². The molecule has 1 aromatic carbocycles. The molecule has 3 heteroatoms. The fourth-order valence-electron chi connectivity index (χ4n) is 2.09. The summed E-state index contributed by atoms with van der Waals surface area (Å²) in [7, 11) is 0. The maximum absolute atomic E-state index is 4.53. The van der Waals surface area contributed by atoms with Gasteiger partial charge in [-0.3, -0.25) is 0 Å². The zero-order valence-electron chi connectivity index (χ0n) is 10.9. The zero-order valence-corrected chi connectivity index (χ0v) is 10.9. The molecule has 0 fully saturated rings. The van der Waals surface area contributed by atoms with Crippen molar-refractivity contribution in [1.29, 1.82) is 0 Å². The zero-order chi connectivity index (χ0) is 12.4. The van der Waals surface area contributed by atoms with Gasteiger partial charge in [0, 0.05) is 11.3 Å². The van der Waals surface area contributed by atoms with Crippen LogP contribution in [0.15, 0.2) is 18.2 Å². The van der Waals surface area contributed by atoms with Gasteiger partial charge in [0.2, 0.25) is 0 Å². The third-order valence-corrected chi connectivity index (χ3v) is 2.78. The molecule has 1 aliphatic heterocycles. The van der Waals surface area contributed by atoms with E-state index in [9.17, 15) is 0 Å². The average Bonchev–Trinajstić information content (AvgIpc) is 2.72. The minimum atomic E-state index is 0.840. The normalized spacial score (nSPS) is 11.8. The smallest absolute Gasteiger partial charge is 0.103 e. The van der Waals surface area contributed by atoms with Crippen LogP contribution in [0.5, 0.6) is 0 Å². The molecule has 2 aromatic rings. The Bertz CT molecular complexity index is 526. The molecule has 0 amide bonds. The molecule has 3 rings (SSSR count). The maximum atomic E-state index is 4.53. The SMILES string of the molecule is CC.Cc1ccc2c(c1)NCc1[nH]c(C)nc1-2. The lowest BCUT2D eigenvalue weighted by atomic mass is 10.0. The van der Waals surface area contributed by atoms with Crippen molar-refractivity contribution in [1.82, 2.24) is 9.97 Å². The summed E-state index contributed by atoms with van der Waals surface area (Å²) in [6, 6.07) is 6.43. The first kappa shape index (κ1) is 11.7. The highest BCUT2D eigenvalue weighted by Gasteiger charge is 2.18. The fourth-order valence-corrected chi connectivity index (χ4v) is 2.09. The number of hydrogen-bond acceptors (Lipinski definition) is 2. The molecule has 1 aromatic heterocycles. The lowest BCUT2D eigenvalue weighted by Gasteiger charge is -2.17. The standard InChI is InChI=1S/C12H13N3.C2H6/c1-7-3-4-9-10(5-7)13-6-11-12(9)15-8(2)14-11;1-2/h3-5,13H,6H2,1-2H3,(H,14,15);1-2H3. The second-order valence-electron chi connectivity index (χ2n) is 4.05. The summed E-state index contributed by atoms with van der Waals surface area (Å²) in [5.41, 5.74) is 5.95. The van der Waals surface area contributed by atoms with E-state index in [2.05, 4.69) is 40.4 Å². The largest absolute Gasteiger partial charge is 0.379 e. The number of benzene rings is 1. The minimum Gasteiger partial charge on any atom is -0.379 e. The van der Waals surface area contributed by atoms with Crippen LogP contribution in [0, 0.1) is 13.8 Å². The summed E-state index contributed by atoms with van der Waals surface area (Å²) in [6.07, 6.45) is 0. The Hall–Kier alpha value is -1.77. The van der Waals surface area contributed by atoms with Gasteiger partial charge in [-0.1, -0.05) is 26.0 Å². The molecule has 2 heterocycles. The molecule has 0 saturated heterocycles. The number of fused-ring (bicyclic) bond motifs is 3. The van der Waals surface area contributed by atoms with Crippen molar-refractivity contribution in [3.8, 4) is 11.3 Å². The molecule has 90 valence electrons. The molecule has 0 unspecified atom stereocenters. The number of rotatable bonds is 0. The molecule has 0 spiro atoms. The number of nitrogens with one attached hydrogen (secondary N) is 2. The monoisotopic (exact) mass is 229 g/mol. The lowest BCUT2D eigenvalue weighted by molar-refractivity contribution is 1.04. The van der Waals surface area contributed by atoms with Gasteiger partial charge < -0.3 is 10.3 Å². The Labute approximate surface area is 102 Å². The summed E-state index contributed by atoms with van der Waals surface area (Å²) < 4.78 is 0. The van der Waals surface area contributed by atoms with E-state index < -0.39 is 0 Å². The van der Waals surface area contributed by atoms with Crippen molar-refractivity contribution in [2.45, 2.75) is 34.2 Å². The van der Waals surface area contributed by atoms with Gasteiger partial charge in [-0.15, -0.1) is 0 Å². The van der Waals surface area contributed by atoms with Crippen LogP contribution in [0.4, 0.5) is 5.69 Å². The van der Waals surface area contributed by atoms with Crippen LogP contribution in [-0.2, 0) is 6.54 Å². The van der Waals surface area contributed by atoms with Crippen LogP contribution in [-0.4, -0.2) is 9.97 Å². The Balaban J connectivity index is 0.000000514. The number of imidazole rings is 1.